The Balaban J connectivity index is 0.00000196. The molecular formula is C24H21BLi-. The van der Waals surface area contributed by atoms with Gasteiger partial charge in [-0.2, -0.15) is 21.9 Å². The fourth-order valence-corrected chi connectivity index (χ4v) is 4.12. The first kappa shape index (κ1) is 18.3. The van der Waals surface area contributed by atoms with Crippen molar-refractivity contribution in [3.63, 3.8) is 0 Å². The molecule has 26 heavy (non-hydrogen) atoms. The summed E-state index contributed by atoms with van der Waals surface area (Å²) in [5.41, 5.74) is 5.36. The van der Waals surface area contributed by atoms with Crippen LogP contribution in [0.25, 0.3) is 0 Å². The van der Waals surface area contributed by atoms with Gasteiger partial charge in [0.05, 0.1) is 0 Å². The van der Waals surface area contributed by atoms with Crippen molar-refractivity contribution in [2.24, 2.45) is 0 Å². The van der Waals surface area contributed by atoms with E-state index in [1.54, 1.807) is 0 Å². The van der Waals surface area contributed by atoms with Gasteiger partial charge in [-0.05, 0) is 0 Å². The number of benzene rings is 4. The zero-order valence-corrected chi connectivity index (χ0v) is 14.1. The summed E-state index contributed by atoms with van der Waals surface area (Å²) in [6.45, 7) is 0. The topological polar surface area (TPSA) is 0 Å². The maximum Gasteiger partial charge on any atom is 0.108 e. The molecule has 0 fully saturated rings. The third-order valence-corrected chi connectivity index (χ3v) is 5.20. The van der Waals surface area contributed by atoms with Gasteiger partial charge in [0.1, 0.15) is 6.15 Å². The van der Waals surface area contributed by atoms with E-state index >= 15 is 0 Å². The summed E-state index contributed by atoms with van der Waals surface area (Å²) in [6, 6.07) is 43.5. The Hall–Kier alpha value is -2.46. The third-order valence-electron chi connectivity index (χ3n) is 5.20. The summed E-state index contributed by atoms with van der Waals surface area (Å²) in [4.78, 5) is 0. The van der Waals surface area contributed by atoms with Crippen molar-refractivity contribution in [1.82, 2.24) is 0 Å². The molecule has 4 rings (SSSR count). The van der Waals surface area contributed by atoms with Crippen LogP contribution in [0.3, 0.4) is 0 Å². The normalized spacial score (nSPS) is 10.8. The van der Waals surface area contributed by atoms with Crippen LogP contribution < -0.4 is 21.9 Å². The van der Waals surface area contributed by atoms with Gasteiger partial charge >= 0.3 is 18.9 Å². The Morgan fingerprint density at radius 2 is 0.500 bits per heavy atom. The molecule has 4 aromatic rings. The third kappa shape index (κ3) is 3.17. The molecule has 0 aliphatic rings. The molecule has 0 radical (unpaired) electrons. The molecule has 0 N–H and O–H groups in total. The Morgan fingerprint density at radius 3 is 0.692 bits per heavy atom. The molecule has 0 saturated carbocycles. The van der Waals surface area contributed by atoms with Gasteiger partial charge in [0, 0.05) is 0 Å². The molecule has 0 amide bonds. The number of hydrogen-bond acceptors (Lipinski definition) is 0. The molecule has 122 valence electrons. The van der Waals surface area contributed by atoms with Crippen LogP contribution in [-0.2, 0) is 0 Å². The van der Waals surface area contributed by atoms with E-state index in [1.807, 2.05) is 0 Å². The van der Waals surface area contributed by atoms with Gasteiger partial charge < -0.3 is 0 Å². The predicted octanol–water partition coefficient (Wildman–Crippen LogP) is 2.42. The molecular weight excluding hydrogens is 306 g/mol. The Morgan fingerprint density at radius 1 is 0.308 bits per heavy atom. The summed E-state index contributed by atoms with van der Waals surface area (Å²) in [5, 5.41) is 0. The van der Waals surface area contributed by atoms with E-state index in [1.165, 1.54) is 21.9 Å². The molecule has 0 atom stereocenters. The maximum absolute atomic E-state index is 2.26. The molecule has 2 heteroatoms. The second kappa shape index (κ2) is 8.28. The molecule has 0 aromatic heterocycles. The van der Waals surface area contributed by atoms with Crippen LogP contribution in [0.1, 0.15) is 0 Å². The molecule has 0 bridgehead atoms. The first-order valence-electron chi connectivity index (χ1n) is 8.80. The van der Waals surface area contributed by atoms with E-state index in [-0.39, 0.29) is 18.9 Å². The van der Waals surface area contributed by atoms with Crippen molar-refractivity contribution < 1.29 is 0 Å². The van der Waals surface area contributed by atoms with Crippen LogP contribution in [0.2, 0.25) is 0 Å². The monoisotopic (exact) mass is 327 g/mol. The van der Waals surface area contributed by atoms with Crippen molar-refractivity contribution in [2.45, 2.75) is 0 Å². The van der Waals surface area contributed by atoms with Gasteiger partial charge in [0.15, 0.2) is 0 Å². The van der Waals surface area contributed by atoms with Crippen molar-refractivity contribution in [3.8, 4) is 0 Å². The predicted molar refractivity (Wildman–Crippen MR) is 117 cm³/mol. The molecule has 0 unspecified atom stereocenters. The summed E-state index contributed by atoms with van der Waals surface area (Å²) >= 11 is 0. The molecule has 0 aliphatic heterocycles. The van der Waals surface area contributed by atoms with E-state index in [0.717, 1.165) is 0 Å². The van der Waals surface area contributed by atoms with Crippen LogP contribution in [0.4, 0.5) is 0 Å². The fraction of sp³-hybridized carbons (Fsp3) is 0. The van der Waals surface area contributed by atoms with E-state index in [2.05, 4.69) is 121 Å². The molecule has 0 spiro atoms. The standard InChI is InChI=1S/C24H20B.Li.H/c1-5-13-21(14-6-1)25(22-15-7-2-8-16-22,23-17-9-3-10-18-23)24-19-11-4-12-20-24;;/h1-20H;;/q-1;;. The zero-order chi connectivity index (χ0) is 17.0. The van der Waals surface area contributed by atoms with Crippen molar-refractivity contribution in [3.05, 3.63) is 121 Å². The van der Waals surface area contributed by atoms with E-state index in [4.69, 9.17) is 0 Å². The molecule has 0 saturated heterocycles. The van der Waals surface area contributed by atoms with Gasteiger partial charge in [-0.3, -0.25) is 0 Å². The van der Waals surface area contributed by atoms with Gasteiger partial charge in [-0.15, -0.1) is 0 Å². The van der Waals surface area contributed by atoms with Crippen molar-refractivity contribution >= 4 is 46.9 Å². The van der Waals surface area contributed by atoms with Crippen LogP contribution in [0, 0.1) is 0 Å². The fourth-order valence-electron chi connectivity index (χ4n) is 4.12. The largest absolute Gasteiger partial charge is 0.195 e. The second-order valence-electron chi connectivity index (χ2n) is 6.51. The smallest absolute Gasteiger partial charge is 0.108 e. The van der Waals surface area contributed by atoms with Crippen molar-refractivity contribution in [2.75, 3.05) is 0 Å². The summed E-state index contributed by atoms with van der Waals surface area (Å²) in [6.07, 6.45) is -1.22. The summed E-state index contributed by atoms with van der Waals surface area (Å²) < 4.78 is 0. The second-order valence-corrected chi connectivity index (χ2v) is 6.51. The van der Waals surface area contributed by atoms with Crippen LogP contribution in [0.15, 0.2) is 121 Å². The minimum atomic E-state index is -1.22. The Kier molecular flexibility index (Phi) is 5.84. The van der Waals surface area contributed by atoms with Gasteiger partial charge in [0.25, 0.3) is 0 Å². The molecule has 0 heterocycles. The maximum atomic E-state index is 2.26. The van der Waals surface area contributed by atoms with Crippen molar-refractivity contribution in [1.29, 1.82) is 0 Å². The molecule has 4 aromatic carbocycles. The Bertz CT molecular complexity index is 759. The first-order valence-corrected chi connectivity index (χ1v) is 8.80. The van der Waals surface area contributed by atoms with Crippen LogP contribution in [0.5, 0.6) is 0 Å². The SMILES string of the molecule is [LiH].c1ccc([B-](c2ccccc2)(c2ccccc2)c2ccccc2)cc1. The van der Waals surface area contributed by atoms with E-state index in [9.17, 15) is 0 Å². The molecule has 0 nitrogen and oxygen atoms in total. The van der Waals surface area contributed by atoms with Crippen LogP contribution in [-0.4, -0.2) is 25.0 Å². The molecule has 0 aliphatic carbocycles. The summed E-state index contributed by atoms with van der Waals surface area (Å²) in [5.74, 6) is 0. The van der Waals surface area contributed by atoms with E-state index in [0.29, 0.717) is 0 Å². The Labute approximate surface area is 168 Å². The van der Waals surface area contributed by atoms with Crippen LogP contribution >= 0.6 is 0 Å². The number of rotatable bonds is 4. The number of hydrogen-bond donors (Lipinski definition) is 0. The summed E-state index contributed by atoms with van der Waals surface area (Å²) in [7, 11) is 0. The average molecular weight is 327 g/mol. The van der Waals surface area contributed by atoms with Gasteiger partial charge in [0.2, 0.25) is 0 Å². The minimum Gasteiger partial charge on any atom is -0.195 e. The van der Waals surface area contributed by atoms with E-state index < -0.39 is 6.15 Å². The average Bonchev–Trinajstić information content (AvgIpc) is 2.72. The zero-order valence-electron chi connectivity index (χ0n) is 14.1. The van der Waals surface area contributed by atoms with Gasteiger partial charge in [-0.25, -0.2) is 0 Å². The van der Waals surface area contributed by atoms with Gasteiger partial charge in [-0.1, -0.05) is 121 Å². The quantitative estimate of drug-likeness (QED) is 0.505. The first-order chi connectivity index (χ1) is 12.4. The minimum absolute atomic E-state index is 0.